The largest absolute Gasteiger partial charge is 0.470 e. The Morgan fingerprint density at radius 1 is 1.23 bits per heavy atom. The Labute approximate surface area is 160 Å². The summed E-state index contributed by atoms with van der Waals surface area (Å²) in [6.45, 7) is 11.4. The Kier molecular flexibility index (Phi) is 9.20. The van der Waals surface area contributed by atoms with E-state index in [9.17, 15) is 0 Å². The Balaban J connectivity index is 2.09. The molecule has 0 saturated carbocycles. The highest BCUT2D eigenvalue weighted by atomic mass is 16.7. The predicted molar refractivity (Wildman–Crippen MR) is 106 cm³/mol. The Hall–Kier alpha value is -0.810. The smallest absolute Gasteiger partial charge is 0.232 e. The van der Waals surface area contributed by atoms with Crippen LogP contribution in [0.4, 0.5) is 0 Å². The van der Waals surface area contributed by atoms with E-state index in [1.165, 1.54) is 38.8 Å². The van der Waals surface area contributed by atoms with Gasteiger partial charge < -0.3 is 14.3 Å². The molecule has 26 heavy (non-hydrogen) atoms. The summed E-state index contributed by atoms with van der Waals surface area (Å²) in [7, 11) is 1.78. The first-order chi connectivity index (χ1) is 12.6. The van der Waals surface area contributed by atoms with E-state index in [2.05, 4.69) is 30.8 Å². The molecule has 0 N–H and O–H groups in total. The van der Waals surface area contributed by atoms with Gasteiger partial charge in [0.15, 0.2) is 6.61 Å². The van der Waals surface area contributed by atoms with Gasteiger partial charge in [-0.2, -0.15) is 0 Å². The van der Waals surface area contributed by atoms with Crippen LogP contribution in [0.15, 0.2) is 5.16 Å². The molecule has 0 amide bonds. The number of methoxy groups -OCH3 is 1. The zero-order valence-electron chi connectivity index (χ0n) is 17.5. The number of ether oxygens (including phenoxy) is 2. The highest BCUT2D eigenvalue weighted by Crippen LogP contribution is 2.40. The monoisotopic (exact) mass is 368 g/mol. The molecule has 1 fully saturated rings. The van der Waals surface area contributed by atoms with Gasteiger partial charge in [0.05, 0.1) is 5.41 Å². The van der Waals surface area contributed by atoms with Gasteiger partial charge in [0.25, 0.3) is 0 Å². The fourth-order valence-electron chi connectivity index (χ4n) is 4.35. The van der Waals surface area contributed by atoms with Crippen LogP contribution in [0, 0.1) is 11.3 Å². The first kappa shape index (κ1) is 21.5. The summed E-state index contributed by atoms with van der Waals surface area (Å²) < 4.78 is 11.9. The van der Waals surface area contributed by atoms with Gasteiger partial charge in [0, 0.05) is 20.3 Å². The molecular weight excluding hydrogens is 328 g/mol. The van der Waals surface area contributed by atoms with Gasteiger partial charge in [-0.25, -0.2) is 0 Å². The fourth-order valence-corrected chi connectivity index (χ4v) is 4.35. The molecule has 0 aromatic rings. The topological polar surface area (TPSA) is 43.3 Å². The lowest BCUT2D eigenvalue weighted by Crippen LogP contribution is -2.46. The Morgan fingerprint density at radius 3 is 2.65 bits per heavy atom. The van der Waals surface area contributed by atoms with Gasteiger partial charge in [-0.05, 0) is 51.1 Å². The molecule has 0 radical (unpaired) electrons. The zero-order valence-corrected chi connectivity index (χ0v) is 17.5. The molecule has 0 spiro atoms. The summed E-state index contributed by atoms with van der Waals surface area (Å²) in [5.41, 5.74) is -0.0687. The number of likely N-dealkylation sites (tertiary alicyclic amines) is 1. The van der Waals surface area contributed by atoms with Crippen LogP contribution in [0.1, 0.15) is 72.1 Å². The van der Waals surface area contributed by atoms with Crippen LogP contribution < -0.4 is 0 Å². The van der Waals surface area contributed by atoms with Gasteiger partial charge in [0.1, 0.15) is 6.10 Å². The van der Waals surface area contributed by atoms with Crippen LogP contribution in [0.2, 0.25) is 0 Å². The zero-order chi connectivity index (χ0) is 18.8. The highest BCUT2D eigenvalue weighted by Gasteiger charge is 2.41. The van der Waals surface area contributed by atoms with Crippen molar-refractivity contribution in [2.24, 2.45) is 16.5 Å². The number of hydrogen-bond acceptors (Lipinski definition) is 5. The average Bonchev–Trinajstić information content (AvgIpc) is 2.67. The third-order valence-corrected chi connectivity index (χ3v) is 6.00. The van der Waals surface area contributed by atoms with E-state index < -0.39 is 0 Å². The Morgan fingerprint density at radius 2 is 2.00 bits per heavy atom. The molecule has 5 nitrogen and oxygen atoms in total. The van der Waals surface area contributed by atoms with Crippen molar-refractivity contribution < 1.29 is 14.3 Å². The molecule has 0 aliphatic carbocycles. The second-order valence-corrected chi connectivity index (χ2v) is 8.28. The molecule has 3 atom stereocenters. The van der Waals surface area contributed by atoms with E-state index in [1.54, 1.807) is 7.11 Å². The fraction of sp³-hybridized carbons (Fsp3) is 0.952. The minimum Gasteiger partial charge on any atom is -0.470 e. The minimum absolute atomic E-state index is 0.0687. The molecule has 0 aromatic carbocycles. The summed E-state index contributed by atoms with van der Waals surface area (Å²) in [4.78, 5) is 8.20. The molecule has 2 aliphatic heterocycles. The third kappa shape index (κ3) is 6.12. The number of hydrogen-bond donors (Lipinski definition) is 0. The van der Waals surface area contributed by atoms with Crippen LogP contribution >= 0.6 is 0 Å². The lowest BCUT2D eigenvalue weighted by molar-refractivity contribution is -0.0271. The van der Waals surface area contributed by atoms with Crippen molar-refractivity contribution in [3.8, 4) is 0 Å². The summed E-state index contributed by atoms with van der Waals surface area (Å²) in [5, 5.41) is 4.42. The summed E-state index contributed by atoms with van der Waals surface area (Å²) in [6, 6.07) is 0. The SMILES string of the molecule is CCCC(CCOC)(CC(C)CC)C1=NOCC(CN2CCCCC2)O1. The number of oxime groups is 1. The van der Waals surface area contributed by atoms with Crippen molar-refractivity contribution in [1.29, 1.82) is 0 Å². The van der Waals surface area contributed by atoms with Crippen molar-refractivity contribution in [2.75, 3.05) is 40.0 Å². The van der Waals surface area contributed by atoms with Crippen LogP contribution in [0.25, 0.3) is 0 Å². The quantitative estimate of drug-likeness (QED) is 0.540. The summed E-state index contributed by atoms with van der Waals surface area (Å²) in [5.74, 6) is 1.46. The predicted octanol–water partition coefficient (Wildman–Crippen LogP) is 4.46. The lowest BCUT2D eigenvalue weighted by Gasteiger charge is -2.40. The first-order valence-corrected chi connectivity index (χ1v) is 10.7. The van der Waals surface area contributed by atoms with Crippen molar-refractivity contribution in [3.63, 3.8) is 0 Å². The van der Waals surface area contributed by atoms with Crippen molar-refractivity contribution in [2.45, 2.75) is 78.2 Å². The molecule has 2 aliphatic rings. The van der Waals surface area contributed by atoms with Crippen LogP contribution in [0.3, 0.4) is 0 Å². The molecule has 2 rings (SSSR count). The molecule has 3 unspecified atom stereocenters. The Bertz CT molecular complexity index is 423. The lowest BCUT2D eigenvalue weighted by atomic mass is 9.73. The second-order valence-electron chi connectivity index (χ2n) is 8.28. The first-order valence-electron chi connectivity index (χ1n) is 10.7. The molecule has 1 saturated heterocycles. The van der Waals surface area contributed by atoms with E-state index in [0.29, 0.717) is 12.5 Å². The van der Waals surface area contributed by atoms with Gasteiger partial charge in [0.2, 0.25) is 5.90 Å². The van der Waals surface area contributed by atoms with E-state index in [1.807, 2.05) is 0 Å². The van der Waals surface area contributed by atoms with Crippen LogP contribution in [-0.2, 0) is 14.3 Å². The molecule has 0 aromatic heterocycles. The maximum absolute atomic E-state index is 6.48. The van der Waals surface area contributed by atoms with E-state index in [0.717, 1.165) is 44.7 Å². The van der Waals surface area contributed by atoms with Gasteiger partial charge in [-0.1, -0.05) is 45.2 Å². The van der Waals surface area contributed by atoms with Crippen molar-refractivity contribution in [1.82, 2.24) is 4.90 Å². The van der Waals surface area contributed by atoms with Crippen molar-refractivity contribution >= 4 is 5.90 Å². The summed E-state index contributed by atoms with van der Waals surface area (Å²) >= 11 is 0. The maximum atomic E-state index is 6.48. The van der Waals surface area contributed by atoms with Gasteiger partial charge in [-0.15, -0.1) is 0 Å². The maximum Gasteiger partial charge on any atom is 0.232 e. The average molecular weight is 369 g/mol. The van der Waals surface area contributed by atoms with Crippen LogP contribution in [0.5, 0.6) is 0 Å². The number of rotatable bonds is 11. The highest BCUT2D eigenvalue weighted by molar-refractivity contribution is 5.82. The standard InChI is InChI=1S/C21H40N2O3/c1-5-10-21(11-14-24-4,15-18(3)6-2)20-22-25-17-19(26-20)16-23-12-8-7-9-13-23/h18-19H,5-17H2,1-4H3. The van der Waals surface area contributed by atoms with Crippen LogP contribution in [-0.4, -0.2) is 56.9 Å². The van der Waals surface area contributed by atoms with Gasteiger partial charge in [-0.3, -0.25) is 4.90 Å². The normalized spacial score (nSPS) is 24.9. The molecule has 2 heterocycles. The molecular formula is C21H40N2O3. The molecule has 5 heteroatoms. The van der Waals surface area contributed by atoms with Crippen molar-refractivity contribution in [3.05, 3.63) is 0 Å². The number of nitrogens with zero attached hydrogens (tertiary/aromatic N) is 2. The number of piperidine rings is 1. The van der Waals surface area contributed by atoms with E-state index >= 15 is 0 Å². The van der Waals surface area contributed by atoms with E-state index in [-0.39, 0.29) is 11.5 Å². The minimum atomic E-state index is -0.0687. The second kappa shape index (κ2) is 11.1. The van der Waals surface area contributed by atoms with E-state index in [4.69, 9.17) is 14.3 Å². The van der Waals surface area contributed by atoms with Gasteiger partial charge >= 0.3 is 0 Å². The summed E-state index contributed by atoms with van der Waals surface area (Å²) in [6.07, 6.45) is 9.43. The molecule has 152 valence electrons. The third-order valence-electron chi connectivity index (χ3n) is 6.00. The molecule has 0 bridgehead atoms.